The van der Waals surface area contributed by atoms with E-state index in [1.165, 1.54) is 64.6 Å². The molecule has 6 nitrogen and oxygen atoms in total. The van der Waals surface area contributed by atoms with Gasteiger partial charge in [-0.3, -0.25) is 9.59 Å². The van der Waals surface area contributed by atoms with E-state index in [-0.39, 0.29) is 5.91 Å². The van der Waals surface area contributed by atoms with Crippen molar-refractivity contribution in [2.45, 2.75) is 102 Å². The standard InChI is InChI=1S/C24H45N3O3/c28-23(12-6-4-9-16-26-17-10-5-11-18-26)25-22-14-20-27(21-15-22)19-8-3-1-2-7-13-24(29)30/h22H,1-21H2,(H,25,28)(H,29,30). The molecule has 0 aromatic rings. The molecule has 6 heteroatoms. The molecule has 0 atom stereocenters. The summed E-state index contributed by atoms with van der Waals surface area (Å²) in [5, 5.41) is 11.9. The number of nitrogens with zero attached hydrogens (tertiary/aromatic N) is 2. The zero-order valence-electron chi connectivity index (χ0n) is 19.1. The molecule has 0 unspecified atom stereocenters. The minimum Gasteiger partial charge on any atom is -0.481 e. The number of carboxylic acid groups (broad SMARTS) is 1. The van der Waals surface area contributed by atoms with Crippen LogP contribution in [0.4, 0.5) is 0 Å². The van der Waals surface area contributed by atoms with E-state index in [0.717, 1.165) is 58.2 Å². The van der Waals surface area contributed by atoms with E-state index in [1.54, 1.807) is 0 Å². The van der Waals surface area contributed by atoms with Crippen molar-refractivity contribution in [1.29, 1.82) is 0 Å². The van der Waals surface area contributed by atoms with Gasteiger partial charge in [-0.15, -0.1) is 0 Å². The van der Waals surface area contributed by atoms with Gasteiger partial charge in [-0.05, 0) is 77.5 Å². The summed E-state index contributed by atoms with van der Waals surface area (Å²) in [6.07, 6.45) is 16.0. The Morgan fingerprint density at radius 3 is 1.90 bits per heavy atom. The molecule has 2 N–H and O–H groups in total. The van der Waals surface area contributed by atoms with Gasteiger partial charge in [-0.1, -0.05) is 32.1 Å². The molecule has 0 aliphatic carbocycles. The lowest BCUT2D eigenvalue weighted by molar-refractivity contribution is -0.137. The Hall–Kier alpha value is -1.14. The van der Waals surface area contributed by atoms with Gasteiger partial charge in [-0.25, -0.2) is 0 Å². The second-order valence-corrected chi connectivity index (χ2v) is 9.31. The third-order valence-electron chi connectivity index (χ3n) is 6.64. The number of unbranched alkanes of at least 4 members (excludes halogenated alkanes) is 6. The largest absolute Gasteiger partial charge is 0.481 e. The number of amides is 1. The van der Waals surface area contributed by atoms with Crippen molar-refractivity contribution in [3.8, 4) is 0 Å². The molecule has 174 valence electrons. The second-order valence-electron chi connectivity index (χ2n) is 9.31. The van der Waals surface area contributed by atoms with Crippen LogP contribution in [0.2, 0.25) is 0 Å². The zero-order valence-corrected chi connectivity index (χ0v) is 19.1. The summed E-state index contributed by atoms with van der Waals surface area (Å²) in [6.45, 7) is 7.05. The number of hydrogen-bond donors (Lipinski definition) is 2. The lowest BCUT2D eigenvalue weighted by Gasteiger charge is -2.32. The van der Waals surface area contributed by atoms with Crippen LogP contribution < -0.4 is 5.32 Å². The number of carboxylic acids is 1. The average molecular weight is 424 g/mol. The number of piperidine rings is 2. The number of nitrogens with one attached hydrogen (secondary N) is 1. The van der Waals surface area contributed by atoms with Gasteiger partial charge in [0.25, 0.3) is 0 Å². The first-order valence-electron chi connectivity index (χ1n) is 12.6. The molecule has 2 heterocycles. The number of likely N-dealkylation sites (tertiary alicyclic amines) is 2. The van der Waals surface area contributed by atoms with Crippen LogP contribution in [0.5, 0.6) is 0 Å². The lowest BCUT2D eigenvalue weighted by Crippen LogP contribution is -2.44. The monoisotopic (exact) mass is 423 g/mol. The molecule has 1 amide bonds. The van der Waals surface area contributed by atoms with Crippen LogP contribution in [0, 0.1) is 0 Å². The number of carbonyl (C=O) groups is 2. The summed E-state index contributed by atoms with van der Waals surface area (Å²) in [6, 6.07) is 0.359. The molecule has 2 rings (SSSR count). The molecular weight excluding hydrogens is 378 g/mol. The maximum absolute atomic E-state index is 12.2. The van der Waals surface area contributed by atoms with Crippen molar-refractivity contribution in [2.24, 2.45) is 0 Å². The van der Waals surface area contributed by atoms with E-state index in [1.807, 2.05) is 0 Å². The number of hydrogen-bond acceptors (Lipinski definition) is 4. The Morgan fingerprint density at radius 2 is 1.23 bits per heavy atom. The van der Waals surface area contributed by atoms with E-state index in [0.29, 0.717) is 18.9 Å². The number of aliphatic carboxylic acids is 1. The third-order valence-corrected chi connectivity index (χ3v) is 6.64. The van der Waals surface area contributed by atoms with Crippen LogP contribution >= 0.6 is 0 Å². The van der Waals surface area contributed by atoms with E-state index in [9.17, 15) is 9.59 Å². The van der Waals surface area contributed by atoms with Gasteiger partial charge in [-0.2, -0.15) is 0 Å². The summed E-state index contributed by atoms with van der Waals surface area (Å²) < 4.78 is 0. The highest BCUT2D eigenvalue weighted by atomic mass is 16.4. The molecule has 2 fully saturated rings. The van der Waals surface area contributed by atoms with Gasteiger partial charge in [0.1, 0.15) is 0 Å². The van der Waals surface area contributed by atoms with Gasteiger partial charge in [0, 0.05) is 32.0 Å². The summed E-state index contributed by atoms with van der Waals surface area (Å²) >= 11 is 0. The molecule has 2 aliphatic rings. The van der Waals surface area contributed by atoms with Crippen molar-refractivity contribution < 1.29 is 14.7 Å². The van der Waals surface area contributed by atoms with Crippen LogP contribution in [-0.4, -0.2) is 72.1 Å². The highest BCUT2D eigenvalue weighted by molar-refractivity contribution is 5.76. The van der Waals surface area contributed by atoms with Crippen molar-refractivity contribution in [2.75, 3.05) is 39.3 Å². The van der Waals surface area contributed by atoms with Gasteiger partial charge in [0.05, 0.1) is 0 Å². The summed E-state index contributed by atoms with van der Waals surface area (Å²) in [5.74, 6) is -0.439. The average Bonchev–Trinajstić information content (AvgIpc) is 2.74. The van der Waals surface area contributed by atoms with Crippen LogP contribution in [0.25, 0.3) is 0 Å². The van der Waals surface area contributed by atoms with Crippen molar-refractivity contribution in [3.05, 3.63) is 0 Å². The van der Waals surface area contributed by atoms with E-state index in [2.05, 4.69) is 15.1 Å². The van der Waals surface area contributed by atoms with Crippen LogP contribution in [0.3, 0.4) is 0 Å². The fraction of sp³-hybridized carbons (Fsp3) is 0.917. The van der Waals surface area contributed by atoms with E-state index >= 15 is 0 Å². The normalized spacial score (nSPS) is 19.1. The Kier molecular flexibility index (Phi) is 13.1. The van der Waals surface area contributed by atoms with Gasteiger partial charge in [0.2, 0.25) is 5.91 Å². The summed E-state index contributed by atoms with van der Waals surface area (Å²) in [5.41, 5.74) is 0. The van der Waals surface area contributed by atoms with Crippen molar-refractivity contribution in [1.82, 2.24) is 15.1 Å². The van der Waals surface area contributed by atoms with E-state index < -0.39 is 5.97 Å². The Balaban J connectivity index is 1.39. The SMILES string of the molecule is O=C(O)CCCCCCCN1CCC(NC(=O)CCCCCN2CCCCC2)CC1. The Morgan fingerprint density at radius 1 is 0.700 bits per heavy atom. The van der Waals surface area contributed by atoms with Gasteiger partial charge >= 0.3 is 5.97 Å². The topological polar surface area (TPSA) is 72.9 Å². The van der Waals surface area contributed by atoms with Crippen molar-refractivity contribution >= 4 is 11.9 Å². The quantitative estimate of drug-likeness (QED) is 0.389. The fourth-order valence-corrected chi connectivity index (χ4v) is 4.72. The first-order chi connectivity index (χ1) is 14.6. The van der Waals surface area contributed by atoms with Crippen LogP contribution in [0.15, 0.2) is 0 Å². The maximum atomic E-state index is 12.2. The Labute approximate surface area is 183 Å². The smallest absolute Gasteiger partial charge is 0.303 e. The van der Waals surface area contributed by atoms with Gasteiger partial charge < -0.3 is 20.2 Å². The molecule has 0 bridgehead atoms. The molecule has 0 radical (unpaired) electrons. The first-order valence-corrected chi connectivity index (χ1v) is 12.6. The number of carbonyl (C=O) groups excluding carboxylic acids is 1. The van der Waals surface area contributed by atoms with Crippen LogP contribution in [0.1, 0.15) is 96.3 Å². The molecule has 0 spiro atoms. The molecule has 2 saturated heterocycles. The van der Waals surface area contributed by atoms with Crippen LogP contribution in [-0.2, 0) is 9.59 Å². The molecule has 30 heavy (non-hydrogen) atoms. The molecule has 2 aliphatic heterocycles. The predicted octanol–water partition coefficient (Wildman–Crippen LogP) is 4.04. The molecule has 0 aromatic carbocycles. The predicted molar refractivity (Wildman–Crippen MR) is 122 cm³/mol. The highest BCUT2D eigenvalue weighted by Gasteiger charge is 2.20. The minimum absolute atomic E-state index is 0.243. The second kappa shape index (κ2) is 15.6. The first kappa shape index (κ1) is 25.1. The molecule has 0 saturated carbocycles. The highest BCUT2D eigenvalue weighted by Crippen LogP contribution is 2.14. The summed E-state index contributed by atoms with van der Waals surface area (Å²) in [7, 11) is 0. The summed E-state index contributed by atoms with van der Waals surface area (Å²) in [4.78, 5) is 27.8. The van der Waals surface area contributed by atoms with Crippen molar-refractivity contribution in [3.63, 3.8) is 0 Å². The lowest BCUT2D eigenvalue weighted by atomic mass is 10.0. The van der Waals surface area contributed by atoms with Gasteiger partial charge in [0.15, 0.2) is 0 Å². The zero-order chi connectivity index (χ0) is 21.4. The van der Waals surface area contributed by atoms with E-state index in [4.69, 9.17) is 5.11 Å². The number of rotatable bonds is 15. The maximum Gasteiger partial charge on any atom is 0.303 e. The minimum atomic E-state index is -0.683. The molecule has 0 aromatic heterocycles. The fourth-order valence-electron chi connectivity index (χ4n) is 4.72. The molecular formula is C24H45N3O3. The Bertz CT molecular complexity index is 472. The third kappa shape index (κ3) is 11.9.